The van der Waals surface area contributed by atoms with E-state index < -0.39 is 17.6 Å². The molecule has 2 aromatic carbocycles. The van der Waals surface area contributed by atoms with E-state index in [0.717, 1.165) is 24.5 Å². The lowest BCUT2D eigenvalue weighted by Crippen LogP contribution is -2.16. The molecule has 0 radical (unpaired) electrons. The average molecular weight is 470 g/mol. The Balaban J connectivity index is 1.64. The van der Waals surface area contributed by atoms with Crippen molar-refractivity contribution in [2.45, 2.75) is 44.8 Å². The Bertz CT molecular complexity index is 1270. The molecule has 0 saturated carbocycles. The molecule has 1 atom stereocenters. The molecule has 5 nitrogen and oxygen atoms in total. The highest BCUT2D eigenvalue weighted by atomic mass is 19.4. The molecule has 34 heavy (non-hydrogen) atoms. The van der Waals surface area contributed by atoms with E-state index in [1.807, 2.05) is 6.92 Å². The van der Waals surface area contributed by atoms with Gasteiger partial charge in [-0.25, -0.2) is 14.4 Å². The predicted molar refractivity (Wildman–Crippen MR) is 120 cm³/mol. The lowest BCUT2D eigenvalue weighted by molar-refractivity contribution is -0.137. The number of aryl methyl sites for hydroxylation is 1. The Labute approximate surface area is 193 Å². The summed E-state index contributed by atoms with van der Waals surface area (Å²) in [6.45, 7) is 2.43. The van der Waals surface area contributed by atoms with Crippen LogP contribution in [0.4, 0.5) is 23.4 Å². The fourth-order valence-electron chi connectivity index (χ4n) is 4.36. The standard InChI is InChI=1S/C25H22F4N4O/c1-2-19-15-11-10-14(26)13-17(15)23(30-19)33-24-21-20(9-5-6-12-34-21)31-22(32-24)16-7-3-4-8-18(16)25(27,28)29/h3-4,7-8,10-11,13,19H,2,5-6,9,12H2,1H3,(H,30,31,32,33). The van der Waals surface area contributed by atoms with Gasteiger partial charge in [0.05, 0.1) is 23.9 Å². The first-order valence-electron chi connectivity index (χ1n) is 11.2. The molecule has 2 aliphatic rings. The van der Waals surface area contributed by atoms with Crippen LogP contribution < -0.4 is 10.1 Å². The maximum Gasteiger partial charge on any atom is 0.417 e. The summed E-state index contributed by atoms with van der Waals surface area (Å²) in [6.07, 6.45) is -1.72. The van der Waals surface area contributed by atoms with Gasteiger partial charge in [0.2, 0.25) is 0 Å². The van der Waals surface area contributed by atoms with Crippen LogP contribution in [0.3, 0.4) is 0 Å². The van der Waals surface area contributed by atoms with Crippen LogP contribution in [0.15, 0.2) is 47.5 Å². The lowest BCUT2D eigenvalue weighted by Gasteiger charge is -2.17. The highest BCUT2D eigenvalue weighted by Crippen LogP contribution is 2.39. The number of anilines is 1. The molecular weight excluding hydrogens is 448 g/mol. The third kappa shape index (κ3) is 4.10. The Kier molecular flexibility index (Phi) is 5.71. The molecular formula is C25H22F4N4O. The SMILES string of the molecule is CCC1N=C(Nc2nc(-c3ccccc3C(F)(F)F)nc3c2OCCCC3)c2cc(F)ccc21. The number of aromatic nitrogens is 2. The minimum absolute atomic E-state index is 0.0511. The molecule has 0 bridgehead atoms. The second kappa shape index (κ2) is 8.70. The van der Waals surface area contributed by atoms with E-state index in [9.17, 15) is 17.6 Å². The maximum absolute atomic E-state index is 14.0. The number of nitrogens with one attached hydrogen (secondary N) is 1. The summed E-state index contributed by atoms with van der Waals surface area (Å²) in [5, 5.41) is 3.14. The fraction of sp³-hybridized carbons (Fsp3) is 0.320. The van der Waals surface area contributed by atoms with Crippen LogP contribution in [-0.2, 0) is 12.6 Å². The van der Waals surface area contributed by atoms with Crippen molar-refractivity contribution in [1.82, 2.24) is 9.97 Å². The number of nitrogens with zero attached hydrogens (tertiary/aromatic N) is 3. The molecule has 0 saturated heterocycles. The van der Waals surface area contributed by atoms with Crippen molar-refractivity contribution in [3.63, 3.8) is 0 Å². The number of hydrogen-bond donors (Lipinski definition) is 1. The Morgan fingerprint density at radius 3 is 2.68 bits per heavy atom. The van der Waals surface area contributed by atoms with Gasteiger partial charge in [-0.2, -0.15) is 13.2 Å². The Hall–Kier alpha value is -3.49. The number of fused-ring (bicyclic) bond motifs is 2. The second-order valence-corrected chi connectivity index (χ2v) is 8.28. The summed E-state index contributed by atoms with van der Waals surface area (Å²) in [4.78, 5) is 13.6. The molecule has 0 fully saturated rings. The zero-order chi connectivity index (χ0) is 23.9. The van der Waals surface area contributed by atoms with E-state index in [2.05, 4.69) is 20.3 Å². The molecule has 1 unspecified atom stereocenters. The van der Waals surface area contributed by atoms with Gasteiger partial charge >= 0.3 is 6.18 Å². The van der Waals surface area contributed by atoms with Crippen LogP contribution in [0.2, 0.25) is 0 Å². The van der Waals surface area contributed by atoms with Crippen molar-refractivity contribution in [2.75, 3.05) is 11.9 Å². The van der Waals surface area contributed by atoms with Crippen molar-refractivity contribution in [3.05, 3.63) is 70.7 Å². The highest BCUT2D eigenvalue weighted by Gasteiger charge is 2.35. The lowest BCUT2D eigenvalue weighted by atomic mass is 10.0. The molecule has 3 aromatic rings. The molecule has 9 heteroatoms. The van der Waals surface area contributed by atoms with Gasteiger partial charge in [0.25, 0.3) is 0 Å². The van der Waals surface area contributed by atoms with Crippen LogP contribution >= 0.6 is 0 Å². The zero-order valence-electron chi connectivity index (χ0n) is 18.4. The number of rotatable bonds is 3. The van der Waals surface area contributed by atoms with Gasteiger partial charge in [0.15, 0.2) is 17.4 Å². The van der Waals surface area contributed by atoms with Crippen molar-refractivity contribution < 1.29 is 22.3 Å². The quantitative estimate of drug-likeness (QED) is 0.454. The van der Waals surface area contributed by atoms with E-state index in [1.54, 1.807) is 6.07 Å². The number of halogens is 4. The molecule has 0 spiro atoms. The first-order chi connectivity index (χ1) is 16.3. The van der Waals surface area contributed by atoms with Crippen LogP contribution in [0, 0.1) is 5.82 Å². The highest BCUT2D eigenvalue weighted by molar-refractivity contribution is 6.11. The van der Waals surface area contributed by atoms with E-state index >= 15 is 0 Å². The van der Waals surface area contributed by atoms with Gasteiger partial charge in [-0.3, -0.25) is 4.99 Å². The number of benzene rings is 2. The molecule has 1 N–H and O–H groups in total. The topological polar surface area (TPSA) is 59.4 Å². The van der Waals surface area contributed by atoms with Gasteiger partial charge in [-0.1, -0.05) is 31.2 Å². The number of alkyl halides is 3. The monoisotopic (exact) mass is 470 g/mol. The van der Waals surface area contributed by atoms with Crippen LogP contribution in [0.5, 0.6) is 5.75 Å². The average Bonchev–Trinajstić information content (AvgIpc) is 2.98. The summed E-state index contributed by atoms with van der Waals surface area (Å²) in [7, 11) is 0. The smallest absolute Gasteiger partial charge is 0.417 e. The normalized spacial score (nSPS) is 17.3. The second-order valence-electron chi connectivity index (χ2n) is 8.28. The van der Waals surface area contributed by atoms with E-state index in [0.29, 0.717) is 42.3 Å². The van der Waals surface area contributed by atoms with Gasteiger partial charge < -0.3 is 10.1 Å². The van der Waals surface area contributed by atoms with E-state index in [4.69, 9.17) is 4.74 Å². The molecule has 1 aromatic heterocycles. The minimum atomic E-state index is -4.56. The first-order valence-corrected chi connectivity index (χ1v) is 11.2. The summed E-state index contributed by atoms with van der Waals surface area (Å²) >= 11 is 0. The zero-order valence-corrected chi connectivity index (χ0v) is 18.4. The number of hydrogen-bond acceptors (Lipinski definition) is 5. The van der Waals surface area contributed by atoms with Gasteiger partial charge in [0, 0.05) is 11.1 Å². The van der Waals surface area contributed by atoms with Crippen molar-refractivity contribution >= 4 is 11.7 Å². The van der Waals surface area contributed by atoms with Gasteiger partial charge in [-0.05, 0) is 49.4 Å². The number of ether oxygens (including phenoxy) is 1. The summed E-state index contributed by atoms with van der Waals surface area (Å²) in [5.74, 6) is 0.577. The van der Waals surface area contributed by atoms with Gasteiger partial charge in [-0.15, -0.1) is 0 Å². The molecule has 2 aliphatic heterocycles. The van der Waals surface area contributed by atoms with Crippen LogP contribution in [-0.4, -0.2) is 22.4 Å². The molecule has 5 rings (SSSR count). The van der Waals surface area contributed by atoms with Crippen molar-refractivity contribution in [3.8, 4) is 17.1 Å². The fourth-order valence-corrected chi connectivity index (χ4v) is 4.36. The van der Waals surface area contributed by atoms with E-state index in [1.165, 1.54) is 30.3 Å². The predicted octanol–water partition coefficient (Wildman–Crippen LogP) is 6.34. The number of aliphatic imine (C=N–C) groups is 1. The molecule has 3 heterocycles. The minimum Gasteiger partial charge on any atom is -0.488 e. The Morgan fingerprint density at radius 2 is 1.88 bits per heavy atom. The summed E-state index contributed by atoms with van der Waals surface area (Å²) in [6, 6.07) is 9.58. The Morgan fingerprint density at radius 1 is 1.06 bits per heavy atom. The summed E-state index contributed by atoms with van der Waals surface area (Å²) < 4.78 is 61.0. The summed E-state index contributed by atoms with van der Waals surface area (Å²) in [5.41, 5.74) is 1.09. The third-order valence-electron chi connectivity index (χ3n) is 6.00. The third-order valence-corrected chi connectivity index (χ3v) is 6.00. The van der Waals surface area contributed by atoms with Crippen LogP contribution in [0.1, 0.15) is 54.6 Å². The van der Waals surface area contributed by atoms with Crippen LogP contribution in [0.25, 0.3) is 11.4 Å². The largest absolute Gasteiger partial charge is 0.488 e. The number of amidine groups is 1. The molecule has 0 amide bonds. The van der Waals surface area contributed by atoms with Crippen molar-refractivity contribution in [2.24, 2.45) is 4.99 Å². The molecule has 176 valence electrons. The first kappa shape index (κ1) is 22.3. The van der Waals surface area contributed by atoms with Crippen molar-refractivity contribution in [1.29, 1.82) is 0 Å². The maximum atomic E-state index is 14.0. The van der Waals surface area contributed by atoms with Gasteiger partial charge in [0.1, 0.15) is 11.7 Å². The van der Waals surface area contributed by atoms with E-state index in [-0.39, 0.29) is 23.2 Å². The molecule has 0 aliphatic carbocycles.